The van der Waals surface area contributed by atoms with E-state index in [1.54, 1.807) is 0 Å². The first kappa shape index (κ1) is 10.2. The molecule has 0 saturated heterocycles. The molecule has 0 bridgehead atoms. The van der Waals surface area contributed by atoms with E-state index in [9.17, 15) is 0 Å². The SMILES string of the molecule is CCCC(CN)c1nc(CC)no1. The molecule has 0 saturated carbocycles. The van der Waals surface area contributed by atoms with E-state index in [-0.39, 0.29) is 5.92 Å². The number of nitrogens with zero attached hydrogens (tertiary/aromatic N) is 2. The minimum absolute atomic E-state index is 0.234. The summed E-state index contributed by atoms with van der Waals surface area (Å²) in [4.78, 5) is 4.26. The van der Waals surface area contributed by atoms with E-state index in [1.807, 2.05) is 6.92 Å². The molecule has 0 fully saturated rings. The standard InChI is InChI=1S/C9H17N3O/c1-3-5-7(6-10)9-11-8(4-2)12-13-9/h7H,3-6,10H2,1-2H3. The fraction of sp³-hybridized carbons (Fsp3) is 0.778. The van der Waals surface area contributed by atoms with Gasteiger partial charge < -0.3 is 10.3 Å². The van der Waals surface area contributed by atoms with Gasteiger partial charge in [0.1, 0.15) is 0 Å². The van der Waals surface area contributed by atoms with Crippen LogP contribution in [0.4, 0.5) is 0 Å². The van der Waals surface area contributed by atoms with Crippen molar-refractivity contribution in [2.24, 2.45) is 5.73 Å². The zero-order chi connectivity index (χ0) is 9.68. The monoisotopic (exact) mass is 183 g/mol. The average Bonchev–Trinajstić information content (AvgIpc) is 2.62. The minimum atomic E-state index is 0.234. The molecule has 1 aromatic heterocycles. The minimum Gasteiger partial charge on any atom is -0.339 e. The summed E-state index contributed by atoms with van der Waals surface area (Å²) in [5, 5.41) is 3.84. The molecule has 13 heavy (non-hydrogen) atoms. The Balaban J connectivity index is 2.67. The Morgan fingerprint density at radius 3 is 2.69 bits per heavy atom. The zero-order valence-electron chi connectivity index (χ0n) is 8.29. The van der Waals surface area contributed by atoms with E-state index in [0.717, 1.165) is 25.1 Å². The van der Waals surface area contributed by atoms with Crippen LogP contribution in [0.25, 0.3) is 0 Å². The number of aromatic nitrogens is 2. The maximum Gasteiger partial charge on any atom is 0.231 e. The third-order valence-electron chi connectivity index (χ3n) is 2.07. The molecule has 2 N–H and O–H groups in total. The second-order valence-corrected chi connectivity index (χ2v) is 3.12. The fourth-order valence-electron chi connectivity index (χ4n) is 1.27. The summed E-state index contributed by atoms with van der Waals surface area (Å²) in [5.41, 5.74) is 5.61. The van der Waals surface area contributed by atoms with Crippen molar-refractivity contribution in [3.05, 3.63) is 11.7 Å². The largest absolute Gasteiger partial charge is 0.339 e. The van der Waals surface area contributed by atoms with Crippen molar-refractivity contribution in [2.45, 2.75) is 39.0 Å². The Morgan fingerprint density at radius 2 is 2.23 bits per heavy atom. The Kier molecular flexibility index (Phi) is 3.89. The summed E-state index contributed by atoms with van der Waals surface area (Å²) < 4.78 is 5.12. The maximum atomic E-state index is 5.61. The molecule has 1 aromatic rings. The lowest BCUT2D eigenvalue weighted by atomic mass is 10.0. The molecule has 74 valence electrons. The normalized spacial score (nSPS) is 13.2. The van der Waals surface area contributed by atoms with Crippen molar-refractivity contribution < 1.29 is 4.52 Å². The van der Waals surface area contributed by atoms with Gasteiger partial charge in [-0.05, 0) is 6.42 Å². The number of nitrogens with two attached hydrogens (primary N) is 1. The van der Waals surface area contributed by atoms with Gasteiger partial charge in [0.05, 0.1) is 5.92 Å². The lowest BCUT2D eigenvalue weighted by Crippen LogP contribution is -2.12. The summed E-state index contributed by atoms with van der Waals surface area (Å²) in [7, 11) is 0. The smallest absolute Gasteiger partial charge is 0.231 e. The van der Waals surface area contributed by atoms with Crippen LogP contribution >= 0.6 is 0 Å². The van der Waals surface area contributed by atoms with Crippen LogP contribution in [0.5, 0.6) is 0 Å². The van der Waals surface area contributed by atoms with Crippen LogP contribution in [0.1, 0.15) is 44.3 Å². The van der Waals surface area contributed by atoms with Gasteiger partial charge in [0.2, 0.25) is 5.89 Å². The predicted octanol–water partition coefficient (Wildman–Crippen LogP) is 1.47. The van der Waals surface area contributed by atoms with Crippen LogP contribution in [-0.2, 0) is 6.42 Å². The number of hydrogen-bond acceptors (Lipinski definition) is 4. The molecule has 1 unspecified atom stereocenters. The van der Waals surface area contributed by atoms with E-state index in [2.05, 4.69) is 17.1 Å². The van der Waals surface area contributed by atoms with Crippen molar-refractivity contribution in [2.75, 3.05) is 6.54 Å². The molecule has 4 heteroatoms. The van der Waals surface area contributed by atoms with Gasteiger partial charge in [-0.25, -0.2) is 0 Å². The number of rotatable bonds is 5. The first-order chi connectivity index (χ1) is 6.31. The van der Waals surface area contributed by atoms with Gasteiger partial charge in [0.25, 0.3) is 0 Å². The van der Waals surface area contributed by atoms with Crippen LogP contribution in [0, 0.1) is 0 Å². The van der Waals surface area contributed by atoms with E-state index >= 15 is 0 Å². The van der Waals surface area contributed by atoms with Crippen molar-refractivity contribution in [1.29, 1.82) is 0 Å². The summed E-state index contributed by atoms with van der Waals surface area (Å²) in [6.07, 6.45) is 2.92. The molecule has 0 aliphatic carbocycles. The van der Waals surface area contributed by atoms with Crippen molar-refractivity contribution in [1.82, 2.24) is 10.1 Å². The molecule has 0 amide bonds. The zero-order valence-corrected chi connectivity index (χ0v) is 8.29. The second-order valence-electron chi connectivity index (χ2n) is 3.12. The highest BCUT2D eigenvalue weighted by Gasteiger charge is 2.15. The van der Waals surface area contributed by atoms with Crippen LogP contribution in [-0.4, -0.2) is 16.7 Å². The molecule has 0 spiro atoms. The van der Waals surface area contributed by atoms with E-state index in [1.165, 1.54) is 0 Å². The predicted molar refractivity (Wildman–Crippen MR) is 50.4 cm³/mol. The lowest BCUT2D eigenvalue weighted by Gasteiger charge is -2.06. The first-order valence-corrected chi connectivity index (χ1v) is 4.84. The molecular formula is C9H17N3O. The van der Waals surface area contributed by atoms with Crippen LogP contribution < -0.4 is 5.73 Å². The van der Waals surface area contributed by atoms with E-state index < -0.39 is 0 Å². The van der Waals surface area contributed by atoms with Crippen molar-refractivity contribution in [3.63, 3.8) is 0 Å². The van der Waals surface area contributed by atoms with Gasteiger partial charge in [-0.15, -0.1) is 0 Å². The van der Waals surface area contributed by atoms with Crippen molar-refractivity contribution >= 4 is 0 Å². The Morgan fingerprint density at radius 1 is 1.46 bits per heavy atom. The lowest BCUT2D eigenvalue weighted by molar-refractivity contribution is 0.344. The molecule has 4 nitrogen and oxygen atoms in total. The van der Waals surface area contributed by atoms with E-state index in [4.69, 9.17) is 10.3 Å². The Bertz CT molecular complexity index is 247. The molecule has 1 rings (SSSR count). The Hall–Kier alpha value is -0.900. The number of hydrogen-bond donors (Lipinski definition) is 1. The summed E-state index contributed by atoms with van der Waals surface area (Å²) in [5.74, 6) is 1.70. The van der Waals surface area contributed by atoms with Crippen LogP contribution in [0.2, 0.25) is 0 Å². The molecule has 0 aliphatic rings. The third kappa shape index (κ3) is 2.52. The quantitative estimate of drug-likeness (QED) is 0.750. The third-order valence-corrected chi connectivity index (χ3v) is 2.07. The average molecular weight is 183 g/mol. The topological polar surface area (TPSA) is 64.9 Å². The highest BCUT2D eigenvalue weighted by atomic mass is 16.5. The summed E-state index contributed by atoms with van der Waals surface area (Å²) in [6, 6.07) is 0. The van der Waals surface area contributed by atoms with Gasteiger partial charge in [-0.2, -0.15) is 4.98 Å². The Labute approximate surface area is 78.5 Å². The summed E-state index contributed by atoms with van der Waals surface area (Å²) in [6.45, 7) is 4.71. The molecular weight excluding hydrogens is 166 g/mol. The van der Waals surface area contributed by atoms with Gasteiger partial charge in [0.15, 0.2) is 5.82 Å². The number of aryl methyl sites for hydroxylation is 1. The first-order valence-electron chi connectivity index (χ1n) is 4.84. The second kappa shape index (κ2) is 4.97. The molecule has 1 heterocycles. The highest BCUT2D eigenvalue weighted by molar-refractivity contribution is 4.94. The van der Waals surface area contributed by atoms with Gasteiger partial charge >= 0.3 is 0 Å². The van der Waals surface area contributed by atoms with Crippen LogP contribution in [0.15, 0.2) is 4.52 Å². The van der Waals surface area contributed by atoms with E-state index in [0.29, 0.717) is 12.4 Å². The fourth-order valence-corrected chi connectivity index (χ4v) is 1.27. The maximum absolute atomic E-state index is 5.61. The van der Waals surface area contributed by atoms with Gasteiger partial charge in [-0.3, -0.25) is 0 Å². The summed E-state index contributed by atoms with van der Waals surface area (Å²) >= 11 is 0. The van der Waals surface area contributed by atoms with Gasteiger partial charge in [-0.1, -0.05) is 25.4 Å². The highest BCUT2D eigenvalue weighted by Crippen LogP contribution is 2.17. The molecule has 0 aromatic carbocycles. The van der Waals surface area contributed by atoms with Gasteiger partial charge in [0, 0.05) is 13.0 Å². The molecule has 1 atom stereocenters. The molecule has 0 radical (unpaired) electrons. The van der Waals surface area contributed by atoms with Crippen LogP contribution in [0.3, 0.4) is 0 Å². The van der Waals surface area contributed by atoms with Crippen molar-refractivity contribution in [3.8, 4) is 0 Å². The molecule has 0 aliphatic heterocycles.